The van der Waals surface area contributed by atoms with Gasteiger partial charge in [-0.15, -0.1) is 0 Å². The van der Waals surface area contributed by atoms with Gasteiger partial charge in [-0.2, -0.15) is 0 Å². The van der Waals surface area contributed by atoms with Gasteiger partial charge in [-0.25, -0.2) is 4.79 Å². The third-order valence-corrected chi connectivity index (χ3v) is 5.05. The third kappa shape index (κ3) is 4.67. The van der Waals surface area contributed by atoms with Crippen LogP contribution < -0.4 is 5.32 Å². The number of carbonyl (C=O) groups is 1. The number of hydrogen-bond donors (Lipinski definition) is 1. The van der Waals surface area contributed by atoms with E-state index in [1.54, 1.807) is 6.92 Å². The number of ether oxygens (including phenoxy) is 2. The normalized spacial score (nSPS) is 14.4. The lowest BCUT2D eigenvalue weighted by atomic mass is 9.98. The van der Waals surface area contributed by atoms with E-state index in [0.717, 1.165) is 60.4 Å². The number of benzene rings is 2. The molecule has 0 radical (unpaired) electrons. The lowest BCUT2D eigenvalue weighted by Gasteiger charge is -2.26. The van der Waals surface area contributed by atoms with Gasteiger partial charge in [0.1, 0.15) is 0 Å². The van der Waals surface area contributed by atoms with Crippen LogP contribution in [0.5, 0.6) is 0 Å². The molecule has 1 aliphatic heterocycles. The number of morpholine rings is 1. The maximum absolute atomic E-state index is 12.0. The third-order valence-electron chi connectivity index (χ3n) is 5.05. The largest absolute Gasteiger partial charge is 0.416 e. The number of hydrogen-bond acceptors (Lipinski definition) is 5. The molecule has 0 atom stereocenters. The fourth-order valence-corrected chi connectivity index (χ4v) is 3.62. The van der Waals surface area contributed by atoms with Gasteiger partial charge in [0.2, 0.25) is 0 Å². The van der Waals surface area contributed by atoms with Crippen molar-refractivity contribution < 1.29 is 14.3 Å². The van der Waals surface area contributed by atoms with Crippen LogP contribution in [0.15, 0.2) is 67.1 Å². The van der Waals surface area contributed by atoms with Crippen molar-refractivity contribution in [2.45, 2.75) is 13.5 Å². The van der Waals surface area contributed by atoms with E-state index in [9.17, 15) is 4.79 Å². The van der Waals surface area contributed by atoms with E-state index in [1.165, 1.54) is 0 Å². The highest BCUT2D eigenvalue weighted by molar-refractivity contribution is 6.06. The van der Waals surface area contributed by atoms with Crippen LogP contribution in [-0.2, 0) is 16.0 Å². The summed E-state index contributed by atoms with van der Waals surface area (Å²) in [7, 11) is 0. The zero-order chi connectivity index (χ0) is 20.9. The van der Waals surface area contributed by atoms with Gasteiger partial charge in [-0.05, 0) is 30.0 Å². The molecule has 0 spiro atoms. The lowest BCUT2D eigenvalue weighted by molar-refractivity contribution is 0.0336. The van der Waals surface area contributed by atoms with Crippen molar-refractivity contribution in [3.63, 3.8) is 0 Å². The number of carbonyl (C=O) groups excluding carboxylic acids is 1. The Morgan fingerprint density at radius 1 is 1.13 bits per heavy atom. The number of allylic oxidation sites excluding steroid dienone is 1. The Morgan fingerprint density at radius 3 is 2.60 bits per heavy atom. The summed E-state index contributed by atoms with van der Waals surface area (Å²) in [6.07, 6.45) is 1.37. The number of anilines is 1. The van der Waals surface area contributed by atoms with Crippen LogP contribution in [-0.4, -0.2) is 42.3 Å². The molecule has 2 aromatic carbocycles. The number of pyridine rings is 1. The number of amides is 1. The molecule has 2 heterocycles. The van der Waals surface area contributed by atoms with Crippen molar-refractivity contribution >= 4 is 22.6 Å². The quantitative estimate of drug-likeness (QED) is 0.619. The predicted octanol–water partition coefficient (Wildman–Crippen LogP) is 4.82. The Bertz CT molecular complexity index is 1060. The molecule has 1 aromatic heterocycles. The highest BCUT2D eigenvalue weighted by Crippen LogP contribution is 2.33. The van der Waals surface area contributed by atoms with E-state index in [-0.39, 0.29) is 0 Å². The molecule has 0 aliphatic carbocycles. The molecule has 3 aromatic rings. The number of aromatic nitrogens is 1. The van der Waals surface area contributed by atoms with Gasteiger partial charge in [0.05, 0.1) is 30.4 Å². The maximum Gasteiger partial charge on any atom is 0.416 e. The van der Waals surface area contributed by atoms with Gasteiger partial charge < -0.3 is 9.47 Å². The molecule has 0 unspecified atom stereocenters. The molecule has 1 N–H and O–H groups in total. The molecule has 4 rings (SSSR count). The first-order chi connectivity index (χ1) is 14.6. The summed E-state index contributed by atoms with van der Waals surface area (Å²) in [5, 5.41) is 4.77. The fourth-order valence-electron chi connectivity index (χ4n) is 3.62. The van der Waals surface area contributed by atoms with Crippen LogP contribution in [0.1, 0.15) is 12.6 Å². The van der Waals surface area contributed by atoms with E-state index >= 15 is 0 Å². The smallest absolute Gasteiger partial charge is 0.416 e. The van der Waals surface area contributed by atoms with Crippen LogP contribution in [0.4, 0.5) is 10.5 Å². The van der Waals surface area contributed by atoms with Gasteiger partial charge in [-0.1, -0.05) is 43.0 Å². The maximum atomic E-state index is 12.0. The highest BCUT2D eigenvalue weighted by Gasteiger charge is 2.13. The van der Waals surface area contributed by atoms with Crippen molar-refractivity contribution in [3.8, 4) is 11.1 Å². The molecule has 154 valence electrons. The van der Waals surface area contributed by atoms with Crippen molar-refractivity contribution in [3.05, 3.63) is 72.8 Å². The zero-order valence-electron chi connectivity index (χ0n) is 17.1. The van der Waals surface area contributed by atoms with Crippen molar-refractivity contribution in [1.29, 1.82) is 0 Å². The number of nitrogens with zero attached hydrogens (tertiary/aromatic N) is 2. The first-order valence-electron chi connectivity index (χ1n) is 10.0. The second kappa shape index (κ2) is 9.07. The number of nitrogens with one attached hydrogen (secondary N) is 1. The monoisotopic (exact) mass is 403 g/mol. The molecule has 0 bridgehead atoms. The summed E-state index contributed by atoms with van der Waals surface area (Å²) in [6, 6.07) is 16.0. The van der Waals surface area contributed by atoms with Crippen LogP contribution in [0.25, 0.3) is 21.9 Å². The van der Waals surface area contributed by atoms with Crippen molar-refractivity contribution in [2.75, 3.05) is 31.6 Å². The van der Waals surface area contributed by atoms with Crippen LogP contribution in [0.3, 0.4) is 0 Å². The summed E-state index contributed by atoms with van der Waals surface area (Å²) in [6.45, 7) is 9.51. The van der Waals surface area contributed by atoms with Crippen LogP contribution >= 0.6 is 0 Å². The minimum Gasteiger partial charge on any atom is -0.416 e. The summed E-state index contributed by atoms with van der Waals surface area (Å²) in [5.74, 6) is 0.344. The predicted molar refractivity (Wildman–Crippen MR) is 118 cm³/mol. The molecule has 1 amide bonds. The lowest BCUT2D eigenvalue weighted by Crippen LogP contribution is -2.35. The Balaban J connectivity index is 1.59. The minimum absolute atomic E-state index is 0.344. The van der Waals surface area contributed by atoms with E-state index < -0.39 is 6.09 Å². The van der Waals surface area contributed by atoms with Crippen LogP contribution in [0, 0.1) is 0 Å². The van der Waals surface area contributed by atoms with Crippen molar-refractivity contribution in [2.24, 2.45) is 0 Å². The SMILES string of the molecule is C=C(C)OC(=O)Nc1ccc(-c2ccc(CN3CCOCC3)nc2)c2ccccc12. The summed E-state index contributed by atoms with van der Waals surface area (Å²) in [5.41, 5.74) is 3.84. The van der Waals surface area contributed by atoms with E-state index in [2.05, 4.69) is 33.9 Å². The molecule has 1 saturated heterocycles. The zero-order valence-corrected chi connectivity index (χ0v) is 17.1. The molecule has 1 aliphatic rings. The number of fused-ring (bicyclic) bond motifs is 1. The summed E-state index contributed by atoms with van der Waals surface area (Å²) >= 11 is 0. The molecule has 6 heteroatoms. The van der Waals surface area contributed by atoms with Gasteiger partial charge in [0, 0.05) is 36.8 Å². The molecule has 30 heavy (non-hydrogen) atoms. The summed E-state index contributed by atoms with van der Waals surface area (Å²) in [4.78, 5) is 19.0. The van der Waals surface area contributed by atoms with Crippen LogP contribution in [0.2, 0.25) is 0 Å². The standard InChI is InChI=1S/C24H25N3O3/c1-17(2)30-24(28)26-23-10-9-20(21-5-3-4-6-22(21)23)18-7-8-19(25-15-18)16-27-11-13-29-14-12-27/h3-10,15H,1,11-14,16H2,2H3,(H,26,28). The van der Waals surface area contributed by atoms with Crippen molar-refractivity contribution in [1.82, 2.24) is 9.88 Å². The first-order valence-corrected chi connectivity index (χ1v) is 10.0. The van der Waals surface area contributed by atoms with Gasteiger partial charge in [0.15, 0.2) is 0 Å². The highest BCUT2D eigenvalue weighted by atomic mass is 16.6. The fraction of sp³-hybridized carbons (Fsp3) is 0.250. The Hall–Kier alpha value is -3.22. The molecule has 1 fully saturated rings. The Morgan fingerprint density at radius 2 is 1.90 bits per heavy atom. The number of rotatable bonds is 5. The average molecular weight is 403 g/mol. The first kappa shape index (κ1) is 20.1. The second-order valence-corrected chi connectivity index (χ2v) is 7.35. The van der Waals surface area contributed by atoms with Gasteiger partial charge in [0.25, 0.3) is 0 Å². The molecular formula is C24H25N3O3. The second-order valence-electron chi connectivity index (χ2n) is 7.35. The topological polar surface area (TPSA) is 63.7 Å². The molecule has 0 saturated carbocycles. The summed E-state index contributed by atoms with van der Waals surface area (Å²) < 4.78 is 10.4. The molecular weight excluding hydrogens is 378 g/mol. The molecule has 6 nitrogen and oxygen atoms in total. The van der Waals surface area contributed by atoms with Gasteiger partial charge in [-0.3, -0.25) is 15.2 Å². The van der Waals surface area contributed by atoms with E-state index in [4.69, 9.17) is 9.47 Å². The Labute approximate surface area is 176 Å². The van der Waals surface area contributed by atoms with E-state index in [0.29, 0.717) is 11.4 Å². The van der Waals surface area contributed by atoms with Gasteiger partial charge >= 0.3 is 6.09 Å². The minimum atomic E-state index is -0.547. The average Bonchev–Trinajstić information content (AvgIpc) is 2.75. The Kier molecular flexibility index (Phi) is 6.07. The van der Waals surface area contributed by atoms with E-state index in [1.807, 2.05) is 42.6 Å².